The predicted octanol–water partition coefficient (Wildman–Crippen LogP) is 1.94. The largest absolute Gasteiger partial charge is 0.508 e. The Balaban J connectivity index is 0.000000211. The SMILES string of the molecule is CC1COC(=O)O1.CC1COC(=O)c2ccccc2C(=O)O1. The maximum absolute atomic E-state index is 11.6. The highest BCUT2D eigenvalue weighted by molar-refractivity contribution is 6.03. The molecule has 2 unspecified atom stereocenters. The van der Waals surface area contributed by atoms with Crippen LogP contribution in [0.25, 0.3) is 0 Å². The Bertz CT molecular complexity index is 581. The summed E-state index contributed by atoms with van der Waals surface area (Å²) in [5, 5.41) is 0. The van der Waals surface area contributed by atoms with Crippen LogP contribution >= 0.6 is 0 Å². The Labute approximate surface area is 127 Å². The molecule has 0 amide bonds. The number of hydrogen-bond acceptors (Lipinski definition) is 7. The second-order valence-corrected chi connectivity index (χ2v) is 4.85. The van der Waals surface area contributed by atoms with E-state index in [9.17, 15) is 14.4 Å². The van der Waals surface area contributed by atoms with Crippen LogP contribution in [-0.2, 0) is 18.9 Å². The highest BCUT2D eigenvalue weighted by Gasteiger charge is 2.24. The van der Waals surface area contributed by atoms with Crippen molar-refractivity contribution in [2.45, 2.75) is 26.1 Å². The van der Waals surface area contributed by atoms with Gasteiger partial charge in [-0.05, 0) is 26.0 Å². The van der Waals surface area contributed by atoms with E-state index in [0.29, 0.717) is 6.61 Å². The zero-order valence-corrected chi connectivity index (χ0v) is 12.2. The van der Waals surface area contributed by atoms with Gasteiger partial charge in [-0.15, -0.1) is 0 Å². The van der Waals surface area contributed by atoms with Crippen LogP contribution in [0.1, 0.15) is 34.6 Å². The van der Waals surface area contributed by atoms with E-state index in [1.165, 1.54) is 0 Å². The van der Waals surface area contributed by atoms with Gasteiger partial charge in [0.2, 0.25) is 0 Å². The molecule has 2 aliphatic heterocycles. The van der Waals surface area contributed by atoms with E-state index in [2.05, 4.69) is 9.47 Å². The first-order valence-corrected chi connectivity index (χ1v) is 6.78. The molecule has 0 aliphatic carbocycles. The zero-order chi connectivity index (χ0) is 16.1. The topological polar surface area (TPSA) is 88.1 Å². The van der Waals surface area contributed by atoms with Crippen LogP contribution in [0.2, 0.25) is 0 Å². The van der Waals surface area contributed by atoms with Crippen LogP contribution in [0.5, 0.6) is 0 Å². The van der Waals surface area contributed by atoms with Crippen molar-refractivity contribution in [2.24, 2.45) is 0 Å². The number of carbonyl (C=O) groups is 3. The normalized spacial score (nSPS) is 23.5. The van der Waals surface area contributed by atoms with Crippen molar-refractivity contribution >= 4 is 18.1 Å². The molecule has 0 aromatic heterocycles. The number of hydrogen-bond donors (Lipinski definition) is 0. The summed E-state index contributed by atoms with van der Waals surface area (Å²) in [6, 6.07) is 6.46. The van der Waals surface area contributed by atoms with Gasteiger partial charge >= 0.3 is 18.1 Å². The zero-order valence-electron chi connectivity index (χ0n) is 12.2. The van der Waals surface area contributed by atoms with Crippen molar-refractivity contribution in [1.82, 2.24) is 0 Å². The summed E-state index contributed by atoms with van der Waals surface area (Å²) in [6.45, 7) is 3.96. The van der Waals surface area contributed by atoms with Gasteiger partial charge in [-0.1, -0.05) is 12.1 Å². The van der Waals surface area contributed by atoms with Gasteiger partial charge in [0.15, 0.2) is 0 Å². The first-order valence-electron chi connectivity index (χ1n) is 6.78. The molecular weight excluding hydrogens is 292 g/mol. The van der Waals surface area contributed by atoms with E-state index < -0.39 is 24.2 Å². The minimum Gasteiger partial charge on any atom is -0.458 e. The lowest BCUT2D eigenvalue weighted by Gasteiger charge is -2.18. The molecule has 1 aromatic rings. The number of esters is 2. The van der Waals surface area contributed by atoms with Crippen LogP contribution in [0.15, 0.2) is 24.3 Å². The quantitative estimate of drug-likeness (QED) is 0.534. The fourth-order valence-corrected chi connectivity index (χ4v) is 1.81. The minimum absolute atomic E-state index is 0.0486. The molecule has 1 saturated heterocycles. The van der Waals surface area contributed by atoms with Crippen LogP contribution in [0.3, 0.4) is 0 Å². The van der Waals surface area contributed by atoms with E-state index in [4.69, 9.17) is 9.47 Å². The van der Waals surface area contributed by atoms with Gasteiger partial charge < -0.3 is 18.9 Å². The van der Waals surface area contributed by atoms with Crippen LogP contribution in [0, 0.1) is 0 Å². The van der Waals surface area contributed by atoms with Crippen LogP contribution < -0.4 is 0 Å². The molecule has 7 nitrogen and oxygen atoms in total. The second kappa shape index (κ2) is 6.93. The van der Waals surface area contributed by atoms with E-state index in [0.717, 1.165) is 0 Å². The molecule has 0 radical (unpaired) electrons. The molecule has 2 heterocycles. The van der Waals surface area contributed by atoms with Crippen molar-refractivity contribution in [3.8, 4) is 0 Å². The average Bonchev–Trinajstić information content (AvgIpc) is 2.87. The number of ether oxygens (including phenoxy) is 4. The van der Waals surface area contributed by atoms with Crippen molar-refractivity contribution < 1.29 is 33.3 Å². The lowest BCUT2D eigenvalue weighted by molar-refractivity contribution is 0.000551. The molecule has 0 spiro atoms. The monoisotopic (exact) mass is 308 g/mol. The molecular formula is C15H16O7. The average molecular weight is 308 g/mol. The summed E-state index contributed by atoms with van der Waals surface area (Å²) in [7, 11) is 0. The minimum atomic E-state index is -0.549. The van der Waals surface area contributed by atoms with Crippen LogP contribution in [-0.4, -0.2) is 43.5 Å². The second-order valence-electron chi connectivity index (χ2n) is 4.85. The Morgan fingerprint density at radius 2 is 1.36 bits per heavy atom. The molecule has 1 aromatic carbocycles. The molecule has 1 fully saturated rings. The smallest absolute Gasteiger partial charge is 0.458 e. The lowest BCUT2D eigenvalue weighted by Crippen LogP contribution is -2.27. The van der Waals surface area contributed by atoms with E-state index in [-0.39, 0.29) is 23.8 Å². The lowest BCUT2D eigenvalue weighted by atomic mass is 10.1. The summed E-state index contributed by atoms with van der Waals surface area (Å²) in [5.74, 6) is -0.955. The highest BCUT2D eigenvalue weighted by atomic mass is 16.8. The first kappa shape index (κ1) is 15.8. The molecule has 0 bridgehead atoms. The van der Waals surface area contributed by atoms with Gasteiger partial charge in [-0.3, -0.25) is 0 Å². The van der Waals surface area contributed by atoms with Crippen molar-refractivity contribution in [3.05, 3.63) is 35.4 Å². The standard InChI is InChI=1S/C11H10O4.C4H6O3/c1-7-6-14-10(12)8-4-2-3-5-9(8)11(13)15-7;1-3-2-6-4(5)7-3/h2-5,7H,6H2,1H3;3H,2H2,1H3. The van der Waals surface area contributed by atoms with E-state index >= 15 is 0 Å². The summed E-state index contributed by atoms with van der Waals surface area (Å²) in [6.07, 6.45) is -1.00. The first-order chi connectivity index (χ1) is 10.5. The van der Waals surface area contributed by atoms with E-state index in [1.807, 2.05) is 0 Å². The van der Waals surface area contributed by atoms with Gasteiger partial charge in [0.25, 0.3) is 0 Å². The number of cyclic esters (lactones) is 4. The van der Waals surface area contributed by atoms with Gasteiger partial charge in [0.1, 0.15) is 25.4 Å². The number of benzene rings is 1. The maximum atomic E-state index is 11.6. The van der Waals surface area contributed by atoms with Crippen molar-refractivity contribution in [2.75, 3.05) is 13.2 Å². The van der Waals surface area contributed by atoms with Crippen molar-refractivity contribution in [3.63, 3.8) is 0 Å². The third-order valence-electron chi connectivity index (χ3n) is 2.86. The van der Waals surface area contributed by atoms with Crippen LogP contribution in [0.4, 0.5) is 4.79 Å². The molecule has 3 rings (SSSR count). The summed E-state index contributed by atoms with van der Waals surface area (Å²) >= 11 is 0. The molecule has 0 N–H and O–H groups in total. The fourth-order valence-electron chi connectivity index (χ4n) is 1.81. The molecule has 2 aliphatic rings. The number of rotatable bonds is 0. The maximum Gasteiger partial charge on any atom is 0.508 e. The Hall–Kier alpha value is -2.57. The Morgan fingerprint density at radius 3 is 1.86 bits per heavy atom. The Kier molecular flexibility index (Phi) is 4.98. The number of fused-ring (bicyclic) bond motifs is 1. The van der Waals surface area contributed by atoms with Gasteiger partial charge in [0.05, 0.1) is 11.1 Å². The van der Waals surface area contributed by atoms with E-state index in [1.54, 1.807) is 38.1 Å². The third-order valence-corrected chi connectivity index (χ3v) is 2.86. The molecule has 118 valence electrons. The van der Waals surface area contributed by atoms with Gasteiger partial charge in [-0.2, -0.15) is 0 Å². The molecule has 2 atom stereocenters. The molecule has 22 heavy (non-hydrogen) atoms. The van der Waals surface area contributed by atoms with Gasteiger partial charge in [-0.25, -0.2) is 14.4 Å². The highest BCUT2D eigenvalue weighted by Crippen LogP contribution is 2.15. The summed E-state index contributed by atoms with van der Waals surface area (Å²) in [5.41, 5.74) is 0.517. The van der Waals surface area contributed by atoms with Gasteiger partial charge in [0, 0.05) is 0 Å². The molecule has 7 heteroatoms. The molecule has 0 saturated carbocycles. The predicted molar refractivity (Wildman–Crippen MR) is 73.5 cm³/mol. The Morgan fingerprint density at radius 1 is 0.818 bits per heavy atom. The fraction of sp³-hybridized carbons (Fsp3) is 0.400. The van der Waals surface area contributed by atoms with Crippen molar-refractivity contribution in [1.29, 1.82) is 0 Å². The number of carbonyl (C=O) groups excluding carboxylic acids is 3. The summed E-state index contributed by atoms with van der Waals surface area (Å²) in [4.78, 5) is 33.1. The third kappa shape index (κ3) is 3.97. The summed E-state index contributed by atoms with van der Waals surface area (Å²) < 4.78 is 18.9.